The van der Waals surface area contributed by atoms with E-state index >= 15 is 0 Å². The summed E-state index contributed by atoms with van der Waals surface area (Å²) in [7, 11) is 0. The van der Waals surface area contributed by atoms with Gasteiger partial charge in [-0.2, -0.15) is 0 Å². The zero-order valence-corrected chi connectivity index (χ0v) is 6.28. The molecule has 1 rings (SSSR count). The molecule has 1 aliphatic rings. The number of aliphatic hydroxyl groups is 2. The summed E-state index contributed by atoms with van der Waals surface area (Å²) >= 11 is 0. The van der Waals surface area contributed by atoms with Gasteiger partial charge in [-0.15, -0.1) is 0 Å². The van der Waals surface area contributed by atoms with Crippen molar-refractivity contribution in [3.05, 3.63) is 47.5 Å². The second kappa shape index (κ2) is 3.10. The standard InChI is InChI=1S/C9H10O2/c1-7(10)6-9(11)8-4-2-3-5-8/h2-6,10-11H,1H3. The molecule has 0 aliphatic heterocycles. The molecule has 11 heavy (non-hydrogen) atoms. The van der Waals surface area contributed by atoms with E-state index in [4.69, 9.17) is 5.11 Å². The lowest BCUT2D eigenvalue weighted by Crippen LogP contribution is -1.82. The zero-order chi connectivity index (χ0) is 8.27. The minimum absolute atomic E-state index is 0.0926. The maximum atomic E-state index is 9.26. The summed E-state index contributed by atoms with van der Waals surface area (Å²) in [5.74, 6) is 0.193. The van der Waals surface area contributed by atoms with Crippen LogP contribution in [-0.4, -0.2) is 10.2 Å². The Morgan fingerprint density at radius 3 is 2.27 bits per heavy atom. The van der Waals surface area contributed by atoms with Crippen molar-refractivity contribution in [1.29, 1.82) is 0 Å². The third-order valence-corrected chi connectivity index (χ3v) is 1.30. The number of rotatable bonds is 1. The van der Waals surface area contributed by atoms with Crippen LogP contribution in [0.3, 0.4) is 0 Å². The Kier molecular flexibility index (Phi) is 2.16. The van der Waals surface area contributed by atoms with Crippen LogP contribution in [0.15, 0.2) is 47.5 Å². The van der Waals surface area contributed by atoms with Crippen molar-refractivity contribution < 1.29 is 10.2 Å². The summed E-state index contributed by atoms with van der Waals surface area (Å²) in [6.07, 6.45) is 8.51. The summed E-state index contributed by atoms with van der Waals surface area (Å²) in [6, 6.07) is 0. The average molecular weight is 150 g/mol. The van der Waals surface area contributed by atoms with E-state index in [-0.39, 0.29) is 11.5 Å². The topological polar surface area (TPSA) is 40.5 Å². The Morgan fingerprint density at radius 2 is 1.82 bits per heavy atom. The molecule has 0 heterocycles. The second-order valence-electron chi connectivity index (χ2n) is 2.34. The lowest BCUT2D eigenvalue weighted by atomic mass is 10.2. The molecule has 0 spiro atoms. The van der Waals surface area contributed by atoms with Crippen molar-refractivity contribution in [2.45, 2.75) is 6.92 Å². The highest BCUT2D eigenvalue weighted by Gasteiger charge is 1.98. The molecule has 58 valence electrons. The van der Waals surface area contributed by atoms with Crippen LogP contribution in [0.25, 0.3) is 0 Å². The van der Waals surface area contributed by atoms with E-state index in [9.17, 15) is 5.11 Å². The molecular weight excluding hydrogens is 140 g/mol. The van der Waals surface area contributed by atoms with E-state index in [2.05, 4.69) is 0 Å². The lowest BCUT2D eigenvalue weighted by molar-refractivity contribution is 0.392. The van der Waals surface area contributed by atoms with Gasteiger partial charge < -0.3 is 10.2 Å². The summed E-state index contributed by atoms with van der Waals surface area (Å²) in [4.78, 5) is 0. The first-order valence-electron chi connectivity index (χ1n) is 3.35. The monoisotopic (exact) mass is 150 g/mol. The molecule has 2 heteroatoms. The first kappa shape index (κ1) is 7.66. The second-order valence-corrected chi connectivity index (χ2v) is 2.34. The largest absolute Gasteiger partial charge is 0.512 e. The fourth-order valence-electron chi connectivity index (χ4n) is 0.826. The first-order chi connectivity index (χ1) is 5.20. The molecule has 0 saturated carbocycles. The molecule has 0 aromatic heterocycles. The Hall–Kier alpha value is -1.44. The molecule has 0 atom stereocenters. The summed E-state index contributed by atoms with van der Waals surface area (Å²) in [5.41, 5.74) is 0.721. The number of hydrogen-bond donors (Lipinski definition) is 2. The van der Waals surface area contributed by atoms with Crippen LogP contribution < -0.4 is 0 Å². The van der Waals surface area contributed by atoms with Crippen LogP contribution in [0.1, 0.15) is 6.92 Å². The Bertz CT molecular complexity index is 249. The highest BCUT2D eigenvalue weighted by Crippen LogP contribution is 2.12. The molecule has 0 unspecified atom stereocenters. The van der Waals surface area contributed by atoms with Gasteiger partial charge in [0.15, 0.2) is 0 Å². The van der Waals surface area contributed by atoms with Gasteiger partial charge in [0, 0.05) is 11.6 Å². The zero-order valence-electron chi connectivity index (χ0n) is 6.28. The molecular formula is C9H10O2. The minimum Gasteiger partial charge on any atom is -0.512 e. The van der Waals surface area contributed by atoms with Crippen molar-refractivity contribution in [2.24, 2.45) is 0 Å². The van der Waals surface area contributed by atoms with Gasteiger partial charge in [0.05, 0.1) is 5.76 Å². The Balaban J connectivity index is 2.89. The SMILES string of the molecule is CC(O)=CC(O)=C1C=CC=C1. The smallest absolute Gasteiger partial charge is 0.126 e. The molecule has 0 saturated heterocycles. The van der Waals surface area contributed by atoms with E-state index in [1.165, 1.54) is 13.0 Å². The van der Waals surface area contributed by atoms with Crippen molar-refractivity contribution >= 4 is 0 Å². The van der Waals surface area contributed by atoms with Crippen LogP contribution in [0.5, 0.6) is 0 Å². The van der Waals surface area contributed by atoms with Crippen LogP contribution in [0.4, 0.5) is 0 Å². The molecule has 0 aromatic carbocycles. The molecule has 0 fully saturated rings. The maximum Gasteiger partial charge on any atom is 0.126 e. The van der Waals surface area contributed by atoms with Crippen molar-refractivity contribution in [2.75, 3.05) is 0 Å². The van der Waals surface area contributed by atoms with Gasteiger partial charge in [0.1, 0.15) is 5.76 Å². The number of hydrogen-bond acceptors (Lipinski definition) is 2. The van der Waals surface area contributed by atoms with Gasteiger partial charge in [-0.05, 0) is 6.92 Å². The predicted octanol–water partition coefficient (Wildman–Crippen LogP) is 2.39. The average Bonchev–Trinajstić information content (AvgIpc) is 2.35. The first-order valence-corrected chi connectivity index (χ1v) is 3.35. The maximum absolute atomic E-state index is 9.26. The highest BCUT2D eigenvalue weighted by atomic mass is 16.3. The van der Waals surface area contributed by atoms with E-state index < -0.39 is 0 Å². The van der Waals surface area contributed by atoms with Crippen LogP contribution >= 0.6 is 0 Å². The highest BCUT2D eigenvalue weighted by molar-refractivity contribution is 5.44. The van der Waals surface area contributed by atoms with Gasteiger partial charge in [-0.3, -0.25) is 0 Å². The third-order valence-electron chi connectivity index (χ3n) is 1.30. The number of allylic oxidation sites excluding steroid dienone is 7. The molecule has 0 bridgehead atoms. The van der Waals surface area contributed by atoms with E-state index in [1.54, 1.807) is 12.2 Å². The fraction of sp³-hybridized carbons (Fsp3) is 0.111. The molecule has 2 nitrogen and oxygen atoms in total. The summed E-state index contributed by atoms with van der Waals surface area (Å²) in [5, 5.41) is 18.1. The summed E-state index contributed by atoms with van der Waals surface area (Å²) < 4.78 is 0. The van der Waals surface area contributed by atoms with Crippen molar-refractivity contribution in [1.82, 2.24) is 0 Å². The van der Waals surface area contributed by atoms with Gasteiger partial charge in [-0.25, -0.2) is 0 Å². The Labute approximate surface area is 65.5 Å². The number of aliphatic hydroxyl groups excluding tert-OH is 2. The van der Waals surface area contributed by atoms with Gasteiger partial charge >= 0.3 is 0 Å². The van der Waals surface area contributed by atoms with Crippen LogP contribution in [0.2, 0.25) is 0 Å². The molecule has 1 aliphatic carbocycles. The van der Waals surface area contributed by atoms with Gasteiger partial charge in [0.2, 0.25) is 0 Å². The van der Waals surface area contributed by atoms with E-state index in [1.807, 2.05) is 12.2 Å². The Morgan fingerprint density at radius 1 is 1.27 bits per heavy atom. The third kappa shape index (κ3) is 2.00. The van der Waals surface area contributed by atoms with Crippen LogP contribution in [-0.2, 0) is 0 Å². The minimum atomic E-state index is 0.0926. The van der Waals surface area contributed by atoms with Gasteiger partial charge in [-0.1, -0.05) is 24.3 Å². The predicted molar refractivity (Wildman–Crippen MR) is 44.3 cm³/mol. The quantitative estimate of drug-likeness (QED) is 0.563. The molecule has 0 radical (unpaired) electrons. The summed E-state index contributed by atoms with van der Waals surface area (Å²) in [6.45, 7) is 1.51. The van der Waals surface area contributed by atoms with Crippen LogP contribution in [0, 0.1) is 0 Å². The molecule has 0 aromatic rings. The van der Waals surface area contributed by atoms with E-state index in [0.29, 0.717) is 0 Å². The molecule has 2 N–H and O–H groups in total. The van der Waals surface area contributed by atoms with Gasteiger partial charge in [0.25, 0.3) is 0 Å². The normalized spacial score (nSPS) is 16.1. The lowest BCUT2D eigenvalue weighted by Gasteiger charge is -1.94. The fourth-order valence-corrected chi connectivity index (χ4v) is 0.826. The molecule has 0 amide bonds. The van der Waals surface area contributed by atoms with E-state index in [0.717, 1.165) is 5.57 Å². The van der Waals surface area contributed by atoms with Crippen molar-refractivity contribution in [3.63, 3.8) is 0 Å². The van der Waals surface area contributed by atoms with Crippen molar-refractivity contribution in [3.8, 4) is 0 Å².